The third-order valence-electron chi connectivity index (χ3n) is 4.34. The average Bonchev–Trinajstić information content (AvgIpc) is 2.96. The van der Waals surface area contributed by atoms with Gasteiger partial charge in [-0.3, -0.25) is 4.79 Å². The molecule has 0 radical (unpaired) electrons. The first-order chi connectivity index (χ1) is 12.8. The largest absolute Gasteiger partial charge is 0.457 e. The fourth-order valence-corrected chi connectivity index (χ4v) is 4.58. The lowest BCUT2D eigenvalue weighted by Crippen LogP contribution is -2.42. The molecule has 0 spiro atoms. The number of aliphatic hydroxyl groups is 1. The van der Waals surface area contributed by atoms with Crippen LogP contribution in [0.3, 0.4) is 0 Å². The molecule has 2 atom stereocenters. The Morgan fingerprint density at radius 3 is 2.43 bits per heavy atom. The van der Waals surface area contributed by atoms with Crippen LogP contribution in [-0.2, 0) is 29.1 Å². The van der Waals surface area contributed by atoms with Crippen LogP contribution in [-0.4, -0.2) is 60.7 Å². The molecule has 156 valence electrons. The molecule has 0 aliphatic carbocycles. The standard InChI is InChI=1S/C19H27NO7S/c1-12-6-7-15(8-13(12)2)28(24,25)20-10-14(21)9-16(20)18(23)26-11-17(22)27-19(3,4)5/h6-8,14,16,21H,9-11H2,1-5H3/t14?,16-/m0/s1. The number of β-amino-alcohol motifs (C(OH)–C–C–N with tert-alkyl or cyclic N) is 1. The number of carbonyl (C=O) groups excluding carboxylic acids is 2. The van der Waals surface area contributed by atoms with Crippen molar-refractivity contribution >= 4 is 22.0 Å². The van der Waals surface area contributed by atoms with E-state index in [0.717, 1.165) is 15.4 Å². The lowest BCUT2D eigenvalue weighted by Gasteiger charge is -2.23. The summed E-state index contributed by atoms with van der Waals surface area (Å²) in [6.45, 7) is 7.84. The molecule has 1 aliphatic rings. The molecule has 1 aromatic carbocycles. The predicted molar refractivity (Wildman–Crippen MR) is 101 cm³/mol. The number of aryl methyl sites for hydroxylation is 2. The van der Waals surface area contributed by atoms with Crippen molar-refractivity contribution in [3.8, 4) is 0 Å². The van der Waals surface area contributed by atoms with E-state index in [-0.39, 0.29) is 17.9 Å². The topological polar surface area (TPSA) is 110 Å². The molecule has 1 aromatic rings. The summed E-state index contributed by atoms with van der Waals surface area (Å²) in [6.07, 6.45) is -1.10. The highest BCUT2D eigenvalue weighted by molar-refractivity contribution is 7.89. The predicted octanol–water partition coefficient (Wildman–Crippen LogP) is 1.31. The Labute approximate surface area is 165 Å². The third kappa shape index (κ3) is 5.30. The van der Waals surface area contributed by atoms with E-state index in [1.54, 1.807) is 33.8 Å². The van der Waals surface area contributed by atoms with Gasteiger partial charge in [-0.05, 0) is 57.9 Å². The molecular weight excluding hydrogens is 386 g/mol. The molecule has 28 heavy (non-hydrogen) atoms. The maximum atomic E-state index is 13.0. The van der Waals surface area contributed by atoms with Gasteiger partial charge in [0.05, 0.1) is 11.0 Å². The highest BCUT2D eigenvalue weighted by Gasteiger charge is 2.44. The first-order valence-corrected chi connectivity index (χ1v) is 10.4. The summed E-state index contributed by atoms with van der Waals surface area (Å²) < 4.78 is 36.9. The van der Waals surface area contributed by atoms with Crippen molar-refractivity contribution in [3.63, 3.8) is 0 Å². The molecule has 1 aliphatic heterocycles. The first kappa shape index (κ1) is 22.3. The van der Waals surface area contributed by atoms with Crippen LogP contribution in [0.5, 0.6) is 0 Å². The van der Waals surface area contributed by atoms with E-state index in [9.17, 15) is 23.1 Å². The van der Waals surface area contributed by atoms with Crippen LogP contribution >= 0.6 is 0 Å². The number of rotatable bonds is 5. The van der Waals surface area contributed by atoms with Crippen molar-refractivity contribution in [1.29, 1.82) is 0 Å². The Kier molecular flexibility index (Phi) is 6.52. The smallest absolute Gasteiger partial charge is 0.344 e. The fraction of sp³-hybridized carbons (Fsp3) is 0.579. The maximum Gasteiger partial charge on any atom is 0.344 e. The van der Waals surface area contributed by atoms with Gasteiger partial charge in [0.15, 0.2) is 6.61 Å². The highest BCUT2D eigenvalue weighted by Crippen LogP contribution is 2.28. The lowest BCUT2D eigenvalue weighted by atomic mass is 10.1. The monoisotopic (exact) mass is 413 g/mol. The Morgan fingerprint density at radius 1 is 1.21 bits per heavy atom. The number of esters is 2. The van der Waals surface area contributed by atoms with Crippen molar-refractivity contribution < 1.29 is 32.6 Å². The van der Waals surface area contributed by atoms with Gasteiger partial charge in [0.2, 0.25) is 10.0 Å². The highest BCUT2D eigenvalue weighted by atomic mass is 32.2. The molecule has 0 aromatic heterocycles. The van der Waals surface area contributed by atoms with Gasteiger partial charge < -0.3 is 14.6 Å². The van der Waals surface area contributed by atoms with Gasteiger partial charge in [-0.2, -0.15) is 4.31 Å². The molecule has 1 N–H and O–H groups in total. The quantitative estimate of drug-likeness (QED) is 0.725. The number of hydrogen-bond acceptors (Lipinski definition) is 7. The number of aliphatic hydroxyl groups excluding tert-OH is 1. The van der Waals surface area contributed by atoms with Crippen molar-refractivity contribution in [2.24, 2.45) is 0 Å². The van der Waals surface area contributed by atoms with Crippen LogP contribution in [0.1, 0.15) is 38.3 Å². The summed E-state index contributed by atoms with van der Waals surface area (Å²) in [5.74, 6) is -1.63. The van der Waals surface area contributed by atoms with E-state index in [0.29, 0.717) is 0 Å². The summed E-state index contributed by atoms with van der Waals surface area (Å²) in [5, 5.41) is 9.95. The molecule has 1 heterocycles. The molecule has 0 bridgehead atoms. The van der Waals surface area contributed by atoms with E-state index in [1.165, 1.54) is 12.1 Å². The number of carbonyl (C=O) groups is 2. The summed E-state index contributed by atoms with van der Waals surface area (Å²) in [6, 6.07) is 3.47. The van der Waals surface area contributed by atoms with Gasteiger partial charge in [0, 0.05) is 13.0 Å². The molecule has 1 saturated heterocycles. The normalized spacial score (nSPS) is 20.8. The molecule has 9 heteroatoms. The second-order valence-corrected chi connectivity index (χ2v) is 9.81. The minimum Gasteiger partial charge on any atom is -0.457 e. The van der Waals surface area contributed by atoms with Crippen LogP contribution in [0.15, 0.2) is 23.1 Å². The third-order valence-corrected chi connectivity index (χ3v) is 6.21. The lowest BCUT2D eigenvalue weighted by molar-refractivity contribution is -0.167. The van der Waals surface area contributed by atoms with Crippen LogP contribution in [0.4, 0.5) is 0 Å². The number of sulfonamides is 1. The molecule has 0 amide bonds. The van der Waals surface area contributed by atoms with Crippen molar-refractivity contribution in [1.82, 2.24) is 4.31 Å². The van der Waals surface area contributed by atoms with E-state index < -0.39 is 46.3 Å². The number of nitrogens with zero attached hydrogens (tertiary/aromatic N) is 1. The SMILES string of the molecule is Cc1ccc(S(=O)(=O)N2CC(O)C[C@H]2C(=O)OCC(=O)OC(C)(C)C)cc1C. The summed E-state index contributed by atoms with van der Waals surface area (Å²) in [5.41, 5.74) is 1.00. The molecule has 8 nitrogen and oxygen atoms in total. The van der Waals surface area contributed by atoms with Crippen LogP contribution in [0.2, 0.25) is 0 Å². The Bertz CT molecular complexity index is 858. The van der Waals surface area contributed by atoms with Gasteiger partial charge >= 0.3 is 11.9 Å². The fourth-order valence-electron chi connectivity index (χ4n) is 2.87. The van der Waals surface area contributed by atoms with Gasteiger partial charge in [-0.25, -0.2) is 13.2 Å². The summed E-state index contributed by atoms with van der Waals surface area (Å²) >= 11 is 0. The second-order valence-electron chi connectivity index (χ2n) is 7.92. The van der Waals surface area contributed by atoms with E-state index >= 15 is 0 Å². The Morgan fingerprint density at radius 2 is 1.86 bits per heavy atom. The number of benzene rings is 1. The van der Waals surface area contributed by atoms with Gasteiger partial charge in [-0.15, -0.1) is 0 Å². The average molecular weight is 413 g/mol. The van der Waals surface area contributed by atoms with Gasteiger partial charge in [-0.1, -0.05) is 6.07 Å². The van der Waals surface area contributed by atoms with Crippen molar-refractivity contribution in [2.75, 3.05) is 13.2 Å². The zero-order valence-corrected chi connectivity index (χ0v) is 17.6. The molecule has 1 fully saturated rings. The summed E-state index contributed by atoms with van der Waals surface area (Å²) in [4.78, 5) is 24.2. The van der Waals surface area contributed by atoms with Crippen LogP contribution in [0, 0.1) is 13.8 Å². The minimum atomic E-state index is -4.02. The minimum absolute atomic E-state index is 0.0367. The molecule has 1 unspecified atom stereocenters. The molecule has 0 saturated carbocycles. The second kappa shape index (κ2) is 8.18. The summed E-state index contributed by atoms with van der Waals surface area (Å²) in [7, 11) is -4.02. The Balaban J connectivity index is 2.16. The van der Waals surface area contributed by atoms with Crippen molar-refractivity contribution in [2.45, 2.75) is 63.7 Å². The molecular formula is C19H27NO7S. The maximum absolute atomic E-state index is 13.0. The van der Waals surface area contributed by atoms with E-state index in [4.69, 9.17) is 9.47 Å². The van der Waals surface area contributed by atoms with E-state index in [1.807, 2.05) is 6.92 Å². The zero-order chi connectivity index (χ0) is 21.3. The Hall–Kier alpha value is -1.97. The van der Waals surface area contributed by atoms with Crippen LogP contribution in [0.25, 0.3) is 0 Å². The van der Waals surface area contributed by atoms with Crippen molar-refractivity contribution in [3.05, 3.63) is 29.3 Å². The van der Waals surface area contributed by atoms with E-state index in [2.05, 4.69) is 0 Å². The molecule has 2 rings (SSSR count). The number of hydrogen-bond donors (Lipinski definition) is 1. The first-order valence-electron chi connectivity index (χ1n) is 8.97. The zero-order valence-electron chi connectivity index (χ0n) is 16.8. The van der Waals surface area contributed by atoms with Crippen LogP contribution < -0.4 is 0 Å². The number of ether oxygens (including phenoxy) is 2. The van der Waals surface area contributed by atoms with Gasteiger partial charge in [0.25, 0.3) is 0 Å². The van der Waals surface area contributed by atoms with Gasteiger partial charge in [0.1, 0.15) is 11.6 Å².